The molecule has 2 aromatic rings. The van der Waals surface area contributed by atoms with E-state index in [1.54, 1.807) is 0 Å². The first-order valence-corrected chi connectivity index (χ1v) is 6.61. The van der Waals surface area contributed by atoms with Crippen LogP contribution in [0.2, 0.25) is 0 Å². The van der Waals surface area contributed by atoms with Gasteiger partial charge in [-0.1, -0.05) is 18.2 Å². The Morgan fingerprint density at radius 3 is 2.42 bits per heavy atom. The van der Waals surface area contributed by atoms with Crippen molar-refractivity contribution in [1.29, 1.82) is 0 Å². The normalized spacial score (nSPS) is 10.3. The van der Waals surface area contributed by atoms with E-state index >= 15 is 0 Å². The molecule has 0 atom stereocenters. The van der Waals surface area contributed by atoms with E-state index in [4.69, 9.17) is 0 Å². The number of carbonyl (C=O) groups excluding carboxylic acids is 1. The molecule has 0 radical (unpaired) electrons. The van der Waals surface area contributed by atoms with Gasteiger partial charge >= 0.3 is 0 Å². The van der Waals surface area contributed by atoms with Crippen molar-refractivity contribution in [2.24, 2.45) is 0 Å². The van der Waals surface area contributed by atoms with Crippen LogP contribution in [0.25, 0.3) is 0 Å². The number of anilines is 1. The summed E-state index contributed by atoms with van der Waals surface area (Å²) in [5.41, 5.74) is 2.99. The van der Waals surface area contributed by atoms with Gasteiger partial charge in [0.25, 0.3) is 5.91 Å². The van der Waals surface area contributed by atoms with E-state index in [0.717, 1.165) is 16.8 Å². The van der Waals surface area contributed by atoms with Crippen LogP contribution >= 0.6 is 15.9 Å². The second-order valence-corrected chi connectivity index (χ2v) is 5.20. The lowest BCUT2D eigenvalue weighted by atomic mass is 10.1. The monoisotopic (exact) mass is 321 g/mol. The molecule has 4 heteroatoms. The summed E-state index contributed by atoms with van der Waals surface area (Å²) < 4.78 is 13.8. The Bertz CT molecular complexity index is 620. The summed E-state index contributed by atoms with van der Waals surface area (Å²) in [6.07, 6.45) is 0. The van der Waals surface area contributed by atoms with Crippen molar-refractivity contribution < 1.29 is 9.18 Å². The van der Waals surface area contributed by atoms with E-state index in [1.165, 1.54) is 18.2 Å². The molecule has 19 heavy (non-hydrogen) atoms. The minimum Gasteiger partial charge on any atom is -0.321 e. The molecule has 0 aliphatic rings. The standard InChI is InChI=1S/C15H13BrFNO/c1-9-4-3-5-10(2)14(9)18-15(19)12-8-11(17)6-7-13(12)16/h3-8H,1-2H3,(H,18,19). The van der Waals surface area contributed by atoms with E-state index in [2.05, 4.69) is 21.2 Å². The number of nitrogens with one attached hydrogen (secondary N) is 1. The van der Waals surface area contributed by atoms with Gasteiger partial charge in [-0.15, -0.1) is 0 Å². The van der Waals surface area contributed by atoms with Crippen molar-refractivity contribution in [1.82, 2.24) is 0 Å². The Hall–Kier alpha value is -1.68. The van der Waals surface area contributed by atoms with Gasteiger partial charge in [-0.05, 0) is 59.1 Å². The fraction of sp³-hybridized carbons (Fsp3) is 0.133. The van der Waals surface area contributed by atoms with Crippen molar-refractivity contribution >= 4 is 27.5 Å². The molecular weight excluding hydrogens is 309 g/mol. The smallest absolute Gasteiger partial charge is 0.256 e. The fourth-order valence-corrected chi connectivity index (χ4v) is 2.29. The summed E-state index contributed by atoms with van der Waals surface area (Å²) in [6, 6.07) is 9.81. The quantitative estimate of drug-likeness (QED) is 0.869. The first-order valence-electron chi connectivity index (χ1n) is 5.81. The van der Waals surface area contributed by atoms with Gasteiger partial charge in [-0.2, -0.15) is 0 Å². The molecule has 0 spiro atoms. The van der Waals surface area contributed by atoms with Gasteiger partial charge in [0, 0.05) is 10.2 Å². The maximum absolute atomic E-state index is 13.2. The topological polar surface area (TPSA) is 29.1 Å². The maximum atomic E-state index is 13.2. The third kappa shape index (κ3) is 3.01. The molecule has 0 aliphatic heterocycles. The zero-order valence-electron chi connectivity index (χ0n) is 10.6. The predicted octanol–water partition coefficient (Wildman–Crippen LogP) is 4.46. The van der Waals surface area contributed by atoms with Crippen LogP contribution in [-0.2, 0) is 0 Å². The maximum Gasteiger partial charge on any atom is 0.256 e. The third-order valence-corrected chi connectivity index (χ3v) is 3.58. The van der Waals surface area contributed by atoms with Gasteiger partial charge in [0.2, 0.25) is 0 Å². The van der Waals surface area contributed by atoms with Gasteiger partial charge in [0.1, 0.15) is 5.82 Å². The molecular formula is C15H13BrFNO. The van der Waals surface area contributed by atoms with Crippen LogP contribution in [0.3, 0.4) is 0 Å². The van der Waals surface area contributed by atoms with E-state index in [9.17, 15) is 9.18 Å². The van der Waals surface area contributed by atoms with Gasteiger partial charge in [0.15, 0.2) is 0 Å². The van der Waals surface area contributed by atoms with Gasteiger partial charge < -0.3 is 5.32 Å². The molecule has 0 saturated carbocycles. The molecule has 98 valence electrons. The largest absolute Gasteiger partial charge is 0.321 e. The second-order valence-electron chi connectivity index (χ2n) is 4.35. The van der Waals surface area contributed by atoms with Crippen LogP contribution in [0.5, 0.6) is 0 Å². The summed E-state index contributed by atoms with van der Waals surface area (Å²) in [5, 5.41) is 2.83. The lowest BCUT2D eigenvalue weighted by Crippen LogP contribution is -2.14. The summed E-state index contributed by atoms with van der Waals surface area (Å²) in [6.45, 7) is 3.84. The second kappa shape index (κ2) is 5.53. The predicted molar refractivity (Wildman–Crippen MR) is 78.0 cm³/mol. The highest BCUT2D eigenvalue weighted by atomic mass is 79.9. The van der Waals surface area contributed by atoms with E-state index in [-0.39, 0.29) is 11.5 Å². The Morgan fingerprint density at radius 1 is 1.16 bits per heavy atom. The van der Waals surface area contributed by atoms with Crippen molar-refractivity contribution in [3.63, 3.8) is 0 Å². The van der Waals surface area contributed by atoms with Crippen LogP contribution < -0.4 is 5.32 Å². The Balaban J connectivity index is 2.34. The number of carbonyl (C=O) groups is 1. The SMILES string of the molecule is Cc1cccc(C)c1NC(=O)c1cc(F)ccc1Br. The molecule has 0 bridgehead atoms. The zero-order valence-corrected chi connectivity index (χ0v) is 12.2. The van der Waals surface area contributed by atoms with Crippen molar-refractivity contribution in [3.8, 4) is 0 Å². The average Bonchev–Trinajstić information content (AvgIpc) is 2.37. The van der Waals surface area contributed by atoms with Crippen molar-refractivity contribution in [2.75, 3.05) is 5.32 Å². The highest BCUT2D eigenvalue weighted by Gasteiger charge is 2.13. The molecule has 2 nitrogen and oxygen atoms in total. The van der Waals surface area contributed by atoms with Crippen molar-refractivity contribution in [2.45, 2.75) is 13.8 Å². The third-order valence-electron chi connectivity index (χ3n) is 2.89. The average molecular weight is 322 g/mol. The number of hydrogen-bond acceptors (Lipinski definition) is 1. The lowest BCUT2D eigenvalue weighted by molar-refractivity contribution is 0.102. The summed E-state index contributed by atoms with van der Waals surface area (Å²) >= 11 is 3.25. The van der Waals surface area contributed by atoms with E-state index in [0.29, 0.717) is 4.47 Å². The van der Waals surface area contributed by atoms with Crippen LogP contribution in [0.4, 0.5) is 10.1 Å². The molecule has 2 rings (SSSR count). The fourth-order valence-electron chi connectivity index (χ4n) is 1.86. The number of benzene rings is 2. The molecule has 1 amide bonds. The highest BCUT2D eigenvalue weighted by Crippen LogP contribution is 2.23. The number of para-hydroxylation sites is 1. The number of hydrogen-bond donors (Lipinski definition) is 1. The first-order chi connectivity index (χ1) is 8.99. The van der Waals surface area contributed by atoms with Gasteiger partial charge in [0.05, 0.1) is 5.56 Å². The summed E-state index contributed by atoms with van der Waals surface area (Å²) in [4.78, 5) is 12.2. The Morgan fingerprint density at radius 2 is 1.79 bits per heavy atom. The molecule has 0 unspecified atom stereocenters. The van der Waals surface area contributed by atoms with Crippen molar-refractivity contribution in [3.05, 3.63) is 63.4 Å². The van der Waals surface area contributed by atoms with Crippen LogP contribution in [0.15, 0.2) is 40.9 Å². The molecule has 2 aromatic carbocycles. The lowest BCUT2D eigenvalue weighted by Gasteiger charge is -2.12. The minimum absolute atomic E-state index is 0.280. The number of halogens is 2. The molecule has 0 heterocycles. The summed E-state index contributed by atoms with van der Waals surface area (Å²) in [7, 11) is 0. The van der Waals surface area contributed by atoms with Crippen LogP contribution in [0, 0.1) is 19.7 Å². The minimum atomic E-state index is -0.435. The van der Waals surface area contributed by atoms with Gasteiger partial charge in [-0.3, -0.25) is 4.79 Å². The molecule has 1 N–H and O–H groups in total. The molecule has 0 aromatic heterocycles. The summed E-state index contributed by atoms with van der Waals surface area (Å²) in [5.74, 6) is -0.765. The first kappa shape index (κ1) is 13.7. The van der Waals surface area contributed by atoms with E-state index in [1.807, 2.05) is 32.0 Å². The Kier molecular flexibility index (Phi) is 4.00. The van der Waals surface area contributed by atoms with Crippen LogP contribution in [0.1, 0.15) is 21.5 Å². The molecule has 0 fully saturated rings. The number of rotatable bonds is 2. The van der Waals surface area contributed by atoms with E-state index < -0.39 is 5.82 Å². The number of amides is 1. The molecule has 0 saturated heterocycles. The molecule has 0 aliphatic carbocycles. The Labute approximate surface area is 119 Å². The number of aryl methyl sites for hydroxylation is 2. The highest BCUT2D eigenvalue weighted by molar-refractivity contribution is 9.10. The van der Waals surface area contributed by atoms with Gasteiger partial charge in [-0.25, -0.2) is 4.39 Å². The zero-order chi connectivity index (χ0) is 14.0. The van der Waals surface area contributed by atoms with Crippen LogP contribution in [-0.4, -0.2) is 5.91 Å².